The Kier molecular flexibility index (Phi) is 3.52. The summed E-state index contributed by atoms with van der Waals surface area (Å²) in [5.74, 6) is 0. The van der Waals surface area contributed by atoms with Gasteiger partial charge < -0.3 is 9.47 Å². The van der Waals surface area contributed by atoms with Gasteiger partial charge in [-0.3, -0.25) is 0 Å². The molecule has 2 nitrogen and oxygen atoms in total. The molecule has 0 unspecified atom stereocenters. The van der Waals surface area contributed by atoms with Gasteiger partial charge in [0.15, 0.2) is 0 Å². The molecule has 0 aromatic carbocycles. The first kappa shape index (κ1) is 10.9. The molecule has 0 aliphatic carbocycles. The number of hydrogen-bond donors (Lipinski definition) is 0. The average molecular weight is 160 g/mol. The molecule has 0 saturated carbocycles. The fourth-order valence-corrected chi connectivity index (χ4v) is 0.780. The lowest BCUT2D eigenvalue weighted by atomic mass is 9.89. The molecule has 0 rings (SSSR count). The van der Waals surface area contributed by atoms with Crippen LogP contribution in [0.1, 0.15) is 34.6 Å². The van der Waals surface area contributed by atoms with Crippen molar-refractivity contribution in [3.05, 3.63) is 0 Å². The van der Waals surface area contributed by atoms with Crippen LogP contribution < -0.4 is 0 Å². The summed E-state index contributed by atoms with van der Waals surface area (Å²) in [5, 5.41) is 0. The highest BCUT2D eigenvalue weighted by molar-refractivity contribution is 4.88. The second-order valence-corrected chi connectivity index (χ2v) is 3.66. The van der Waals surface area contributed by atoms with Crippen LogP contribution in [0.15, 0.2) is 0 Å². The standard InChI is InChI=1S/C9H20O2/c1-7-11-9(4,5)8(2,3)10-6/h7H2,1-6H3. The highest BCUT2D eigenvalue weighted by Gasteiger charge is 2.37. The summed E-state index contributed by atoms with van der Waals surface area (Å²) < 4.78 is 10.9. The zero-order valence-corrected chi connectivity index (χ0v) is 8.52. The van der Waals surface area contributed by atoms with Crippen molar-refractivity contribution in [1.29, 1.82) is 0 Å². The van der Waals surface area contributed by atoms with E-state index in [4.69, 9.17) is 9.47 Å². The van der Waals surface area contributed by atoms with Gasteiger partial charge in [-0.05, 0) is 34.6 Å². The van der Waals surface area contributed by atoms with Gasteiger partial charge >= 0.3 is 0 Å². The molecule has 2 heteroatoms. The Morgan fingerprint density at radius 1 is 1.00 bits per heavy atom. The van der Waals surface area contributed by atoms with Crippen molar-refractivity contribution in [3.8, 4) is 0 Å². The van der Waals surface area contributed by atoms with E-state index in [1.807, 2.05) is 34.6 Å². The third kappa shape index (κ3) is 2.46. The molecule has 0 heterocycles. The molecule has 0 aliphatic rings. The van der Waals surface area contributed by atoms with E-state index in [9.17, 15) is 0 Å². The zero-order valence-electron chi connectivity index (χ0n) is 8.52. The number of hydrogen-bond acceptors (Lipinski definition) is 2. The van der Waals surface area contributed by atoms with Gasteiger partial charge in [0.05, 0.1) is 11.2 Å². The predicted molar refractivity (Wildman–Crippen MR) is 46.8 cm³/mol. The van der Waals surface area contributed by atoms with E-state index >= 15 is 0 Å². The number of methoxy groups -OCH3 is 1. The van der Waals surface area contributed by atoms with Crippen molar-refractivity contribution >= 4 is 0 Å². The highest BCUT2D eigenvalue weighted by atomic mass is 16.6. The third-order valence-corrected chi connectivity index (χ3v) is 2.47. The van der Waals surface area contributed by atoms with Crippen LogP contribution in [0.25, 0.3) is 0 Å². The van der Waals surface area contributed by atoms with Crippen LogP contribution in [0, 0.1) is 0 Å². The van der Waals surface area contributed by atoms with E-state index in [-0.39, 0.29) is 11.2 Å². The van der Waals surface area contributed by atoms with Gasteiger partial charge in [-0.15, -0.1) is 0 Å². The zero-order chi connectivity index (χ0) is 9.12. The molecular formula is C9H20O2. The molecule has 0 bridgehead atoms. The van der Waals surface area contributed by atoms with E-state index in [1.54, 1.807) is 7.11 Å². The van der Waals surface area contributed by atoms with E-state index in [0.717, 1.165) is 6.61 Å². The summed E-state index contributed by atoms with van der Waals surface area (Å²) >= 11 is 0. The SMILES string of the molecule is CCOC(C)(C)C(C)(C)OC. The smallest absolute Gasteiger partial charge is 0.0909 e. The summed E-state index contributed by atoms with van der Waals surface area (Å²) in [6.45, 7) is 10.9. The Balaban J connectivity index is 4.26. The fraction of sp³-hybridized carbons (Fsp3) is 1.00. The summed E-state index contributed by atoms with van der Waals surface area (Å²) in [6.07, 6.45) is 0. The minimum Gasteiger partial charge on any atom is -0.376 e. The van der Waals surface area contributed by atoms with E-state index in [0.29, 0.717) is 0 Å². The second-order valence-electron chi connectivity index (χ2n) is 3.66. The lowest BCUT2D eigenvalue weighted by molar-refractivity contribution is -0.160. The Morgan fingerprint density at radius 3 is 1.73 bits per heavy atom. The van der Waals surface area contributed by atoms with Crippen LogP contribution in [0.3, 0.4) is 0 Å². The van der Waals surface area contributed by atoms with Gasteiger partial charge in [0.25, 0.3) is 0 Å². The molecule has 0 atom stereocenters. The molecule has 0 amide bonds. The van der Waals surface area contributed by atoms with Crippen LogP contribution in [0.4, 0.5) is 0 Å². The molecule has 0 radical (unpaired) electrons. The van der Waals surface area contributed by atoms with Gasteiger partial charge in [0.1, 0.15) is 0 Å². The van der Waals surface area contributed by atoms with Crippen molar-refractivity contribution in [2.24, 2.45) is 0 Å². The summed E-state index contributed by atoms with van der Waals surface area (Å²) in [5.41, 5.74) is -0.459. The maximum atomic E-state index is 5.56. The fourth-order valence-electron chi connectivity index (χ4n) is 0.780. The second kappa shape index (κ2) is 3.55. The molecule has 0 fully saturated rings. The highest BCUT2D eigenvalue weighted by Crippen LogP contribution is 2.27. The first-order chi connectivity index (χ1) is 4.87. The van der Waals surface area contributed by atoms with Crippen LogP contribution >= 0.6 is 0 Å². The van der Waals surface area contributed by atoms with Crippen LogP contribution in [-0.2, 0) is 9.47 Å². The van der Waals surface area contributed by atoms with E-state index < -0.39 is 0 Å². The first-order valence-electron chi connectivity index (χ1n) is 4.06. The Morgan fingerprint density at radius 2 is 1.45 bits per heavy atom. The minimum absolute atomic E-state index is 0.226. The van der Waals surface area contributed by atoms with Crippen LogP contribution in [-0.4, -0.2) is 24.9 Å². The van der Waals surface area contributed by atoms with Gasteiger partial charge in [-0.1, -0.05) is 0 Å². The Hall–Kier alpha value is -0.0800. The Labute approximate surface area is 69.9 Å². The predicted octanol–water partition coefficient (Wildman–Crippen LogP) is 2.23. The minimum atomic E-state index is -0.233. The van der Waals surface area contributed by atoms with Crippen molar-refractivity contribution in [2.75, 3.05) is 13.7 Å². The molecule has 11 heavy (non-hydrogen) atoms. The van der Waals surface area contributed by atoms with Gasteiger partial charge in [-0.2, -0.15) is 0 Å². The lowest BCUT2D eigenvalue weighted by Crippen LogP contribution is -2.48. The quantitative estimate of drug-likeness (QED) is 0.628. The molecule has 0 aromatic heterocycles. The van der Waals surface area contributed by atoms with Crippen molar-refractivity contribution < 1.29 is 9.47 Å². The van der Waals surface area contributed by atoms with Gasteiger partial charge in [-0.25, -0.2) is 0 Å². The normalized spacial score (nSPS) is 13.6. The number of ether oxygens (including phenoxy) is 2. The maximum Gasteiger partial charge on any atom is 0.0909 e. The van der Waals surface area contributed by atoms with Crippen molar-refractivity contribution in [3.63, 3.8) is 0 Å². The molecule has 0 saturated heterocycles. The van der Waals surface area contributed by atoms with Gasteiger partial charge in [0, 0.05) is 13.7 Å². The molecule has 0 N–H and O–H groups in total. The van der Waals surface area contributed by atoms with Crippen LogP contribution in [0.5, 0.6) is 0 Å². The molecule has 0 spiro atoms. The third-order valence-electron chi connectivity index (χ3n) is 2.47. The monoisotopic (exact) mass is 160 g/mol. The largest absolute Gasteiger partial charge is 0.376 e. The molecule has 0 aliphatic heterocycles. The van der Waals surface area contributed by atoms with Crippen LogP contribution in [0.2, 0.25) is 0 Å². The van der Waals surface area contributed by atoms with Crippen molar-refractivity contribution in [1.82, 2.24) is 0 Å². The maximum absolute atomic E-state index is 5.56. The topological polar surface area (TPSA) is 18.5 Å². The van der Waals surface area contributed by atoms with E-state index in [2.05, 4.69) is 0 Å². The number of rotatable bonds is 4. The van der Waals surface area contributed by atoms with Gasteiger partial charge in [0.2, 0.25) is 0 Å². The lowest BCUT2D eigenvalue weighted by Gasteiger charge is -2.39. The average Bonchev–Trinajstić information content (AvgIpc) is 1.87. The van der Waals surface area contributed by atoms with Crippen molar-refractivity contribution in [2.45, 2.75) is 45.8 Å². The Bertz CT molecular complexity index is 117. The summed E-state index contributed by atoms with van der Waals surface area (Å²) in [4.78, 5) is 0. The summed E-state index contributed by atoms with van der Waals surface area (Å²) in [6, 6.07) is 0. The first-order valence-corrected chi connectivity index (χ1v) is 4.06. The molecular weight excluding hydrogens is 140 g/mol. The van der Waals surface area contributed by atoms with E-state index in [1.165, 1.54) is 0 Å². The summed E-state index contributed by atoms with van der Waals surface area (Å²) in [7, 11) is 1.71. The molecule has 68 valence electrons. The molecule has 0 aromatic rings.